The highest BCUT2D eigenvalue weighted by molar-refractivity contribution is 8.01. The molecular formula is C8H14N2O3S. The molecule has 0 aromatic heterocycles. The lowest BCUT2D eigenvalue weighted by molar-refractivity contribution is -0.118. The van der Waals surface area contributed by atoms with Crippen molar-refractivity contribution in [2.24, 2.45) is 0 Å². The second kappa shape index (κ2) is 5.21. The number of nitrogens with one attached hydrogen (secondary N) is 2. The van der Waals surface area contributed by atoms with Crippen LogP contribution in [-0.2, 0) is 9.53 Å². The van der Waals surface area contributed by atoms with Gasteiger partial charge >= 0.3 is 6.03 Å². The first-order valence-corrected chi connectivity index (χ1v) is 5.50. The average molecular weight is 218 g/mol. The molecule has 1 saturated heterocycles. The van der Waals surface area contributed by atoms with Gasteiger partial charge in [-0.2, -0.15) is 0 Å². The van der Waals surface area contributed by atoms with Crippen LogP contribution in [0.4, 0.5) is 4.79 Å². The van der Waals surface area contributed by atoms with Gasteiger partial charge in [0, 0.05) is 6.61 Å². The third kappa shape index (κ3) is 2.88. The first-order valence-electron chi connectivity index (χ1n) is 4.55. The predicted molar refractivity (Wildman–Crippen MR) is 53.8 cm³/mol. The van der Waals surface area contributed by atoms with Crippen molar-refractivity contribution >= 4 is 23.7 Å². The first-order chi connectivity index (χ1) is 6.67. The Morgan fingerprint density at radius 1 is 1.50 bits per heavy atom. The van der Waals surface area contributed by atoms with Crippen LogP contribution in [0.1, 0.15) is 20.3 Å². The number of ether oxygens (including phenoxy) is 1. The lowest BCUT2D eigenvalue weighted by atomic mass is 10.5. The van der Waals surface area contributed by atoms with E-state index in [1.54, 1.807) is 0 Å². The van der Waals surface area contributed by atoms with Crippen LogP contribution in [0.2, 0.25) is 0 Å². The zero-order chi connectivity index (χ0) is 10.6. The van der Waals surface area contributed by atoms with E-state index in [-0.39, 0.29) is 11.3 Å². The maximum atomic E-state index is 11.2. The van der Waals surface area contributed by atoms with Crippen molar-refractivity contribution in [1.29, 1.82) is 0 Å². The minimum absolute atomic E-state index is 0.0471. The minimum atomic E-state index is -0.515. The van der Waals surface area contributed by atoms with E-state index in [0.29, 0.717) is 6.61 Å². The van der Waals surface area contributed by atoms with E-state index in [1.807, 2.05) is 13.8 Å². The van der Waals surface area contributed by atoms with E-state index < -0.39 is 11.4 Å². The second-order valence-electron chi connectivity index (χ2n) is 2.77. The van der Waals surface area contributed by atoms with Crippen LogP contribution in [0.5, 0.6) is 0 Å². The van der Waals surface area contributed by atoms with Crippen molar-refractivity contribution in [1.82, 2.24) is 10.6 Å². The molecule has 1 rings (SSSR count). The standard InChI is InChI=1S/C8H14N2O3S/c1-3-5(13-4-2)14-7-6(11)9-8(12)10-7/h5,7H,3-4H2,1-2H3,(H2,9,10,11,12). The van der Waals surface area contributed by atoms with Gasteiger partial charge in [0.1, 0.15) is 5.44 Å². The number of urea groups is 1. The molecule has 80 valence electrons. The molecule has 0 spiro atoms. The molecule has 6 heteroatoms. The number of hydrogen-bond acceptors (Lipinski definition) is 4. The summed E-state index contributed by atoms with van der Waals surface area (Å²) in [6.07, 6.45) is 0.804. The number of rotatable bonds is 5. The molecule has 1 fully saturated rings. The van der Waals surface area contributed by atoms with Gasteiger partial charge in [-0.15, -0.1) is 0 Å². The molecule has 14 heavy (non-hydrogen) atoms. The van der Waals surface area contributed by atoms with Crippen molar-refractivity contribution in [2.45, 2.75) is 31.1 Å². The Morgan fingerprint density at radius 3 is 2.64 bits per heavy atom. The van der Waals surface area contributed by atoms with Gasteiger partial charge in [0.05, 0.1) is 0 Å². The largest absolute Gasteiger partial charge is 0.368 e. The summed E-state index contributed by atoms with van der Waals surface area (Å²) < 4.78 is 5.37. The highest BCUT2D eigenvalue weighted by Gasteiger charge is 2.31. The number of amides is 3. The zero-order valence-corrected chi connectivity index (χ0v) is 9.02. The molecule has 5 nitrogen and oxygen atoms in total. The summed E-state index contributed by atoms with van der Waals surface area (Å²) >= 11 is 1.32. The normalized spacial score (nSPS) is 23.1. The van der Waals surface area contributed by atoms with Crippen LogP contribution in [0.25, 0.3) is 0 Å². The Bertz CT molecular complexity index is 235. The number of hydrogen-bond donors (Lipinski definition) is 2. The molecule has 0 aliphatic carbocycles. The van der Waals surface area contributed by atoms with Crippen molar-refractivity contribution in [2.75, 3.05) is 6.61 Å². The van der Waals surface area contributed by atoms with Gasteiger partial charge in [-0.3, -0.25) is 10.1 Å². The summed E-state index contributed by atoms with van der Waals surface area (Å²) in [5, 5.41) is 4.17. The van der Waals surface area contributed by atoms with Crippen LogP contribution >= 0.6 is 11.8 Å². The topological polar surface area (TPSA) is 67.4 Å². The minimum Gasteiger partial charge on any atom is -0.368 e. The maximum Gasteiger partial charge on any atom is 0.322 e. The number of carbonyl (C=O) groups is 2. The zero-order valence-electron chi connectivity index (χ0n) is 8.20. The van der Waals surface area contributed by atoms with Crippen LogP contribution in [0.3, 0.4) is 0 Å². The summed E-state index contributed by atoms with van der Waals surface area (Å²) in [4.78, 5) is 22.0. The third-order valence-corrected chi connectivity index (χ3v) is 3.09. The molecule has 2 N–H and O–H groups in total. The van der Waals surface area contributed by atoms with Gasteiger partial charge in [-0.25, -0.2) is 4.79 Å². The highest BCUT2D eigenvalue weighted by atomic mass is 32.2. The molecule has 0 aromatic carbocycles. The van der Waals surface area contributed by atoms with Crippen LogP contribution in [0.15, 0.2) is 0 Å². The lowest BCUT2D eigenvalue weighted by Gasteiger charge is -2.16. The van der Waals surface area contributed by atoms with Gasteiger partial charge in [0.25, 0.3) is 5.91 Å². The molecule has 2 atom stereocenters. The van der Waals surface area contributed by atoms with Crippen LogP contribution < -0.4 is 10.6 Å². The Morgan fingerprint density at radius 2 is 2.21 bits per heavy atom. The van der Waals surface area contributed by atoms with Crippen LogP contribution in [-0.4, -0.2) is 29.4 Å². The quantitative estimate of drug-likeness (QED) is 0.525. The maximum absolute atomic E-state index is 11.2. The molecule has 0 bridgehead atoms. The lowest BCUT2D eigenvalue weighted by Crippen LogP contribution is -2.28. The number of carbonyl (C=O) groups excluding carboxylic acids is 2. The second-order valence-corrected chi connectivity index (χ2v) is 4.04. The monoisotopic (exact) mass is 218 g/mol. The molecule has 1 aliphatic heterocycles. The Hall–Kier alpha value is -0.750. The summed E-state index contributed by atoms with van der Waals surface area (Å²) in [7, 11) is 0. The smallest absolute Gasteiger partial charge is 0.322 e. The van der Waals surface area contributed by atoms with Crippen LogP contribution in [0, 0.1) is 0 Å². The summed E-state index contributed by atoms with van der Waals surface area (Å²) in [5.41, 5.74) is -0.0471. The van der Waals surface area contributed by atoms with E-state index in [9.17, 15) is 9.59 Å². The predicted octanol–water partition coefficient (Wildman–Crippen LogP) is 0.658. The van der Waals surface area contributed by atoms with Crippen molar-refractivity contribution in [3.63, 3.8) is 0 Å². The summed E-state index contributed by atoms with van der Waals surface area (Å²) in [5.74, 6) is -0.293. The molecule has 0 saturated carbocycles. The Kier molecular flexibility index (Phi) is 4.21. The molecular weight excluding hydrogens is 204 g/mol. The fourth-order valence-corrected chi connectivity index (χ4v) is 2.15. The van der Waals surface area contributed by atoms with E-state index in [2.05, 4.69) is 10.6 Å². The Balaban J connectivity index is 2.42. The van der Waals surface area contributed by atoms with E-state index >= 15 is 0 Å². The molecule has 1 aliphatic rings. The van der Waals surface area contributed by atoms with Crippen molar-refractivity contribution in [3.05, 3.63) is 0 Å². The van der Waals surface area contributed by atoms with E-state index in [1.165, 1.54) is 11.8 Å². The molecule has 0 radical (unpaired) electrons. The van der Waals surface area contributed by atoms with Gasteiger partial charge < -0.3 is 10.1 Å². The van der Waals surface area contributed by atoms with Gasteiger partial charge in [-0.05, 0) is 13.3 Å². The van der Waals surface area contributed by atoms with E-state index in [0.717, 1.165) is 6.42 Å². The summed E-state index contributed by atoms with van der Waals surface area (Å²) in [6, 6.07) is -0.432. The SMILES string of the molecule is CCOC(CC)SC1NC(=O)NC1=O. The fraction of sp³-hybridized carbons (Fsp3) is 0.750. The van der Waals surface area contributed by atoms with Crippen molar-refractivity contribution in [3.8, 4) is 0 Å². The first kappa shape index (κ1) is 11.3. The molecule has 3 amide bonds. The number of thioether (sulfide) groups is 1. The third-order valence-electron chi connectivity index (χ3n) is 1.71. The van der Waals surface area contributed by atoms with Gasteiger partial charge in [0.2, 0.25) is 0 Å². The summed E-state index contributed by atoms with van der Waals surface area (Å²) in [6.45, 7) is 4.48. The molecule has 1 heterocycles. The van der Waals surface area contributed by atoms with Crippen molar-refractivity contribution < 1.29 is 14.3 Å². The highest BCUT2D eigenvalue weighted by Crippen LogP contribution is 2.21. The van der Waals surface area contributed by atoms with Gasteiger partial charge in [0.15, 0.2) is 5.37 Å². The molecule has 2 unspecified atom stereocenters. The Labute approximate surface area is 86.9 Å². The number of imide groups is 1. The fourth-order valence-electron chi connectivity index (χ4n) is 1.08. The molecule has 0 aromatic rings. The van der Waals surface area contributed by atoms with Gasteiger partial charge in [-0.1, -0.05) is 18.7 Å². The average Bonchev–Trinajstić information content (AvgIpc) is 2.44. The van der Waals surface area contributed by atoms with E-state index in [4.69, 9.17) is 4.74 Å².